The van der Waals surface area contributed by atoms with E-state index in [-0.39, 0.29) is 0 Å². The molecule has 62 valence electrons. The lowest BCUT2D eigenvalue weighted by atomic mass is 10.2. The largest absolute Gasteiger partial charge is 0.385 e. The second-order valence-corrected chi connectivity index (χ2v) is 2.44. The van der Waals surface area contributed by atoms with Gasteiger partial charge in [0.05, 0.1) is 0 Å². The van der Waals surface area contributed by atoms with Crippen LogP contribution in [0.15, 0.2) is 36.2 Å². The van der Waals surface area contributed by atoms with Gasteiger partial charge >= 0.3 is 0 Å². The maximum atomic E-state index is 5.74. The summed E-state index contributed by atoms with van der Waals surface area (Å²) in [6, 6.07) is 0. The van der Waals surface area contributed by atoms with Gasteiger partial charge in [-0.2, -0.15) is 0 Å². The molecule has 0 amide bonds. The van der Waals surface area contributed by atoms with E-state index in [0.717, 1.165) is 11.4 Å². The summed E-state index contributed by atoms with van der Waals surface area (Å²) in [5.74, 6) is 0.734. The minimum atomic E-state index is 0.734. The van der Waals surface area contributed by atoms with Crippen molar-refractivity contribution in [1.29, 1.82) is 0 Å². The van der Waals surface area contributed by atoms with Crippen LogP contribution in [0.5, 0.6) is 0 Å². The molecule has 0 fully saturated rings. The summed E-state index contributed by atoms with van der Waals surface area (Å²) in [4.78, 5) is 1.86. The Balaban J connectivity index is 4.67. The highest BCUT2D eigenvalue weighted by Crippen LogP contribution is 2.03. The van der Waals surface area contributed by atoms with Crippen LogP contribution in [0.2, 0.25) is 0 Å². The lowest BCUT2D eigenvalue weighted by Crippen LogP contribution is -2.19. The van der Waals surface area contributed by atoms with Crippen molar-refractivity contribution in [3.05, 3.63) is 36.2 Å². The number of nitrogens with two attached hydrogens (primary N) is 1. The Morgan fingerprint density at radius 2 is 2.00 bits per heavy atom. The topological polar surface area (TPSA) is 29.3 Å². The van der Waals surface area contributed by atoms with Crippen molar-refractivity contribution >= 4 is 0 Å². The molecule has 0 aromatic rings. The van der Waals surface area contributed by atoms with Gasteiger partial charge in [-0.15, -0.1) is 0 Å². The van der Waals surface area contributed by atoms with E-state index in [1.807, 2.05) is 38.1 Å². The zero-order valence-corrected chi connectivity index (χ0v) is 7.46. The van der Waals surface area contributed by atoms with Crippen LogP contribution in [0.3, 0.4) is 0 Å². The fraction of sp³-hybridized carbons (Fsp3) is 0.333. The average molecular weight is 152 g/mol. The van der Waals surface area contributed by atoms with E-state index >= 15 is 0 Å². The molecule has 0 unspecified atom stereocenters. The Hall–Kier alpha value is -1.18. The molecule has 0 spiro atoms. The predicted molar refractivity (Wildman–Crippen MR) is 49.9 cm³/mol. The van der Waals surface area contributed by atoms with Crippen LogP contribution in [-0.2, 0) is 0 Å². The molecule has 0 saturated heterocycles. The molecule has 2 N–H and O–H groups in total. The average Bonchev–Trinajstić information content (AvgIpc) is 1.98. The third kappa shape index (κ3) is 2.94. The van der Waals surface area contributed by atoms with Crippen LogP contribution < -0.4 is 5.73 Å². The number of rotatable bonds is 3. The van der Waals surface area contributed by atoms with Crippen LogP contribution in [0.4, 0.5) is 0 Å². The molecule has 2 nitrogen and oxygen atoms in total. The quantitative estimate of drug-likeness (QED) is 0.621. The fourth-order valence-electron chi connectivity index (χ4n) is 0.696. The highest BCUT2D eigenvalue weighted by atomic mass is 15.1. The second kappa shape index (κ2) is 4.61. The van der Waals surface area contributed by atoms with Crippen LogP contribution in [0.25, 0.3) is 0 Å². The van der Waals surface area contributed by atoms with Gasteiger partial charge in [0, 0.05) is 19.7 Å². The number of hydrogen-bond acceptors (Lipinski definition) is 2. The van der Waals surface area contributed by atoms with E-state index in [2.05, 4.69) is 6.58 Å². The van der Waals surface area contributed by atoms with Gasteiger partial charge in [0.15, 0.2) is 0 Å². The standard InChI is InChI=1S/C9H16N2/c1-5-7-8(6-2)9(10)11(3)4/h5-7H,2,10H2,1,3-4H3/b7-5-,9-8+. The summed E-state index contributed by atoms with van der Waals surface area (Å²) >= 11 is 0. The lowest BCUT2D eigenvalue weighted by Gasteiger charge is -2.14. The molecular weight excluding hydrogens is 136 g/mol. The first kappa shape index (κ1) is 9.82. The second-order valence-electron chi connectivity index (χ2n) is 2.44. The van der Waals surface area contributed by atoms with E-state index in [4.69, 9.17) is 5.73 Å². The molecule has 2 heteroatoms. The SMILES string of the molecule is C=CC(/C=C\C)=C(/N)N(C)C. The van der Waals surface area contributed by atoms with Crippen molar-refractivity contribution in [2.45, 2.75) is 6.92 Å². The smallest absolute Gasteiger partial charge is 0.105 e. The van der Waals surface area contributed by atoms with Crippen molar-refractivity contribution in [1.82, 2.24) is 4.90 Å². The molecule has 0 bridgehead atoms. The van der Waals surface area contributed by atoms with E-state index in [9.17, 15) is 0 Å². The summed E-state index contributed by atoms with van der Waals surface area (Å²) in [5.41, 5.74) is 6.70. The molecule has 0 saturated carbocycles. The molecule has 0 radical (unpaired) electrons. The minimum absolute atomic E-state index is 0.734. The van der Waals surface area contributed by atoms with E-state index in [0.29, 0.717) is 0 Å². The van der Waals surface area contributed by atoms with Crippen molar-refractivity contribution in [3.63, 3.8) is 0 Å². The molecule has 0 atom stereocenters. The first-order chi connectivity index (χ1) is 5.13. The summed E-state index contributed by atoms with van der Waals surface area (Å²) in [7, 11) is 3.81. The summed E-state index contributed by atoms with van der Waals surface area (Å²) in [5, 5.41) is 0. The molecular formula is C9H16N2. The number of nitrogens with zero attached hydrogens (tertiary/aromatic N) is 1. The van der Waals surface area contributed by atoms with Crippen LogP contribution in [0, 0.1) is 0 Å². The highest BCUT2D eigenvalue weighted by molar-refractivity contribution is 5.32. The first-order valence-electron chi connectivity index (χ1n) is 3.55. The van der Waals surface area contributed by atoms with Gasteiger partial charge in [-0.1, -0.05) is 24.8 Å². The highest BCUT2D eigenvalue weighted by Gasteiger charge is 1.96. The van der Waals surface area contributed by atoms with Gasteiger partial charge in [0.25, 0.3) is 0 Å². The maximum absolute atomic E-state index is 5.74. The third-order valence-corrected chi connectivity index (χ3v) is 1.34. The zero-order valence-electron chi connectivity index (χ0n) is 7.46. The van der Waals surface area contributed by atoms with Gasteiger partial charge in [-0.25, -0.2) is 0 Å². The van der Waals surface area contributed by atoms with Crippen molar-refractivity contribution < 1.29 is 0 Å². The van der Waals surface area contributed by atoms with Gasteiger partial charge in [0.2, 0.25) is 0 Å². The molecule has 0 aliphatic rings. The monoisotopic (exact) mass is 152 g/mol. The van der Waals surface area contributed by atoms with E-state index in [1.54, 1.807) is 6.08 Å². The van der Waals surface area contributed by atoms with Crippen LogP contribution in [-0.4, -0.2) is 19.0 Å². The lowest BCUT2D eigenvalue weighted by molar-refractivity contribution is 0.502. The molecule has 11 heavy (non-hydrogen) atoms. The molecule has 0 aliphatic carbocycles. The van der Waals surface area contributed by atoms with Crippen molar-refractivity contribution in [2.24, 2.45) is 5.73 Å². The fourth-order valence-corrected chi connectivity index (χ4v) is 0.696. The minimum Gasteiger partial charge on any atom is -0.385 e. The van der Waals surface area contributed by atoms with Gasteiger partial charge in [-0.3, -0.25) is 0 Å². The normalized spacial score (nSPS) is 13.0. The van der Waals surface area contributed by atoms with Crippen LogP contribution in [0.1, 0.15) is 6.92 Å². The molecule has 0 heterocycles. The predicted octanol–water partition coefficient (Wildman–Crippen LogP) is 1.48. The summed E-state index contributed by atoms with van der Waals surface area (Å²) in [6.45, 7) is 5.62. The summed E-state index contributed by atoms with van der Waals surface area (Å²) < 4.78 is 0. The van der Waals surface area contributed by atoms with Crippen LogP contribution >= 0.6 is 0 Å². The van der Waals surface area contributed by atoms with E-state index in [1.165, 1.54) is 0 Å². The van der Waals surface area contributed by atoms with E-state index < -0.39 is 0 Å². The third-order valence-electron chi connectivity index (χ3n) is 1.34. The Morgan fingerprint density at radius 3 is 2.27 bits per heavy atom. The molecule has 0 aromatic carbocycles. The number of allylic oxidation sites excluding steroid dienone is 4. The van der Waals surface area contributed by atoms with Crippen molar-refractivity contribution in [2.75, 3.05) is 14.1 Å². The molecule has 0 aliphatic heterocycles. The Labute approximate surface area is 68.7 Å². The summed E-state index contributed by atoms with van der Waals surface area (Å²) in [6.07, 6.45) is 5.62. The van der Waals surface area contributed by atoms with Gasteiger partial charge < -0.3 is 10.6 Å². The Morgan fingerprint density at radius 1 is 1.45 bits per heavy atom. The Kier molecular flexibility index (Phi) is 4.11. The molecule has 0 rings (SSSR count). The zero-order chi connectivity index (χ0) is 8.85. The van der Waals surface area contributed by atoms with Gasteiger partial charge in [0.1, 0.15) is 5.82 Å². The van der Waals surface area contributed by atoms with Crippen molar-refractivity contribution in [3.8, 4) is 0 Å². The maximum Gasteiger partial charge on any atom is 0.105 e. The van der Waals surface area contributed by atoms with Gasteiger partial charge in [-0.05, 0) is 6.92 Å². The first-order valence-corrected chi connectivity index (χ1v) is 3.55. The number of hydrogen-bond donors (Lipinski definition) is 1. The molecule has 0 aromatic heterocycles. The Bertz CT molecular complexity index is 188.